The van der Waals surface area contributed by atoms with Crippen LogP contribution in [0.1, 0.15) is 29.8 Å². The van der Waals surface area contributed by atoms with Crippen LogP contribution in [0.5, 0.6) is 0 Å². The number of hydrogen-bond acceptors (Lipinski definition) is 2. The van der Waals surface area contributed by atoms with Crippen LogP contribution in [0.3, 0.4) is 0 Å². The second kappa shape index (κ2) is 7.04. The molecule has 0 amide bonds. The van der Waals surface area contributed by atoms with Crippen molar-refractivity contribution in [3.05, 3.63) is 57.0 Å². The molecule has 1 unspecified atom stereocenters. The van der Waals surface area contributed by atoms with Crippen LogP contribution in [-0.2, 0) is 6.42 Å². The Morgan fingerprint density at radius 2 is 2.16 bits per heavy atom. The van der Waals surface area contributed by atoms with E-state index in [9.17, 15) is 4.39 Å². The third-order valence-electron chi connectivity index (χ3n) is 3.06. The molecule has 1 nitrogen and oxygen atoms in total. The van der Waals surface area contributed by atoms with E-state index in [-0.39, 0.29) is 11.9 Å². The van der Waals surface area contributed by atoms with E-state index in [0.29, 0.717) is 10.6 Å². The third-order valence-corrected chi connectivity index (χ3v) is 4.32. The second-order valence-corrected chi connectivity index (χ2v) is 5.80. The largest absolute Gasteiger partial charge is 0.310 e. The van der Waals surface area contributed by atoms with Gasteiger partial charge in [0.05, 0.1) is 0 Å². The highest BCUT2D eigenvalue weighted by atomic mass is 35.5. The van der Waals surface area contributed by atoms with E-state index >= 15 is 0 Å². The fourth-order valence-electron chi connectivity index (χ4n) is 2.18. The summed E-state index contributed by atoms with van der Waals surface area (Å²) in [5.41, 5.74) is 0.586. The summed E-state index contributed by atoms with van der Waals surface area (Å²) in [5, 5.41) is 5.88. The van der Waals surface area contributed by atoms with Gasteiger partial charge >= 0.3 is 0 Å². The molecular weight excluding hydrogens is 281 g/mol. The van der Waals surface area contributed by atoms with Crippen molar-refractivity contribution in [2.24, 2.45) is 0 Å². The molecule has 1 aromatic carbocycles. The van der Waals surface area contributed by atoms with Gasteiger partial charge in [-0.05, 0) is 43.0 Å². The first-order valence-electron chi connectivity index (χ1n) is 6.42. The van der Waals surface area contributed by atoms with Crippen LogP contribution >= 0.6 is 22.9 Å². The van der Waals surface area contributed by atoms with Crippen molar-refractivity contribution in [1.82, 2.24) is 5.32 Å². The van der Waals surface area contributed by atoms with Crippen molar-refractivity contribution in [3.63, 3.8) is 0 Å². The Morgan fingerprint density at radius 3 is 2.79 bits per heavy atom. The molecule has 1 N–H and O–H groups in total. The van der Waals surface area contributed by atoms with Gasteiger partial charge in [0.2, 0.25) is 0 Å². The predicted molar refractivity (Wildman–Crippen MR) is 80.5 cm³/mol. The van der Waals surface area contributed by atoms with Gasteiger partial charge in [-0.3, -0.25) is 0 Å². The van der Waals surface area contributed by atoms with Crippen molar-refractivity contribution < 1.29 is 4.39 Å². The molecule has 0 saturated heterocycles. The Balaban J connectivity index is 2.15. The van der Waals surface area contributed by atoms with Gasteiger partial charge in [0.25, 0.3) is 0 Å². The summed E-state index contributed by atoms with van der Waals surface area (Å²) in [4.78, 5) is 1.32. The summed E-state index contributed by atoms with van der Waals surface area (Å²) < 4.78 is 14.0. The van der Waals surface area contributed by atoms with Crippen LogP contribution < -0.4 is 5.32 Å². The summed E-state index contributed by atoms with van der Waals surface area (Å²) >= 11 is 7.88. The Labute approximate surface area is 122 Å². The van der Waals surface area contributed by atoms with Crippen molar-refractivity contribution in [3.8, 4) is 0 Å². The zero-order valence-corrected chi connectivity index (χ0v) is 12.4. The van der Waals surface area contributed by atoms with Crippen molar-refractivity contribution in [2.75, 3.05) is 6.54 Å². The van der Waals surface area contributed by atoms with E-state index < -0.39 is 0 Å². The van der Waals surface area contributed by atoms with Crippen LogP contribution in [-0.4, -0.2) is 6.54 Å². The predicted octanol–water partition coefficient (Wildman–Crippen LogP) is 4.82. The highest BCUT2D eigenvalue weighted by Gasteiger charge is 2.18. The van der Waals surface area contributed by atoms with Gasteiger partial charge in [-0.15, -0.1) is 11.3 Å². The Hall–Kier alpha value is -0.900. The Morgan fingerprint density at radius 1 is 1.32 bits per heavy atom. The Bertz CT molecular complexity index is 493. The number of hydrogen-bond donors (Lipinski definition) is 1. The molecule has 0 radical (unpaired) electrons. The molecule has 102 valence electrons. The summed E-state index contributed by atoms with van der Waals surface area (Å²) in [6.07, 6.45) is 1.77. The van der Waals surface area contributed by atoms with Gasteiger partial charge in [-0.2, -0.15) is 0 Å². The van der Waals surface area contributed by atoms with Crippen LogP contribution in [0.15, 0.2) is 35.7 Å². The van der Waals surface area contributed by atoms with Gasteiger partial charge < -0.3 is 5.32 Å². The summed E-state index contributed by atoms with van der Waals surface area (Å²) in [7, 11) is 0. The average Bonchev–Trinajstić information content (AvgIpc) is 2.88. The standard InChI is InChI=1S/C15H17ClFNS/c1-2-18-14(9-8-11-5-4-10-19-11)15-12(16)6-3-7-13(15)17/h3-7,10,14,18H,2,8-9H2,1H3. The van der Waals surface area contributed by atoms with E-state index in [1.165, 1.54) is 10.9 Å². The second-order valence-electron chi connectivity index (χ2n) is 4.36. The van der Waals surface area contributed by atoms with Gasteiger partial charge in [0.1, 0.15) is 5.82 Å². The van der Waals surface area contributed by atoms with E-state index in [0.717, 1.165) is 19.4 Å². The lowest BCUT2D eigenvalue weighted by Crippen LogP contribution is -2.22. The maximum absolute atomic E-state index is 14.0. The lowest BCUT2D eigenvalue weighted by Gasteiger charge is -2.20. The molecular formula is C15H17ClFNS. The van der Waals surface area contributed by atoms with E-state index in [4.69, 9.17) is 11.6 Å². The van der Waals surface area contributed by atoms with E-state index in [1.54, 1.807) is 23.5 Å². The van der Waals surface area contributed by atoms with Crippen LogP contribution in [0.4, 0.5) is 4.39 Å². The molecule has 0 saturated carbocycles. The maximum Gasteiger partial charge on any atom is 0.129 e. The first-order valence-corrected chi connectivity index (χ1v) is 7.67. The molecule has 0 fully saturated rings. The minimum atomic E-state index is -0.232. The van der Waals surface area contributed by atoms with Gasteiger partial charge in [-0.25, -0.2) is 4.39 Å². The lowest BCUT2D eigenvalue weighted by molar-refractivity contribution is 0.486. The average molecular weight is 298 g/mol. The zero-order chi connectivity index (χ0) is 13.7. The number of benzene rings is 1. The zero-order valence-electron chi connectivity index (χ0n) is 10.8. The molecule has 2 rings (SSSR count). The molecule has 19 heavy (non-hydrogen) atoms. The molecule has 0 spiro atoms. The number of halogens is 2. The fourth-order valence-corrected chi connectivity index (χ4v) is 3.20. The molecule has 0 bridgehead atoms. The fraction of sp³-hybridized carbons (Fsp3) is 0.333. The van der Waals surface area contributed by atoms with Gasteiger partial charge in [0.15, 0.2) is 0 Å². The van der Waals surface area contributed by atoms with Gasteiger partial charge in [0, 0.05) is 21.5 Å². The highest BCUT2D eigenvalue weighted by molar-refractivity contribution is 7.09. The van der Waals surface area contributed by atoms with Crippen LogP contribution in [0, 0.1) is 5.82 Å². The SMILES string of the molecule is CCNC(CCc1cccs1)c1c(F)cccc1Cl. The molecule has 1 heterocycles. The molecule has 2 aromatic rings. The van der Waals surface area contributed by atoms with Crippen LogP contribution in [0.25, 0.3) is 0 Å². The number of thiophene rings is 1. The normalized spacial score (nSPS) is 12.6. The number of rotatable bonds is 6. The van der Waals surface area contributed by atoms with E-state index in [2.05, 4.69) is 16.8 Å². The quantitative estimate of drug-likeness (QED) is 0.806. The topological polar surface area (TPSA) is 12.0 Å². The highest BCUT2D eigenvalue weighted by Crippen LogP contribution is 2.29. The molecule has 0 aliphatic heterocycles. The maximum atomic E-state index is 14.0. The van der Waals surface area contributed by atoms with E-state index in [1.807, 2.05) is 13.0 Å². The van der Waals surface area contributed by atoms with Crippen molar-refractivity contribution in [2.45, 2.75) is 25.8 Å². The summed E-state index contributed by atoms with van der Waals surface area (Å²) in [5.74, 6) is -0.232. The van der Waals surface area contributed by atoms with Gasteiger partial charge in [-0.1, -0.05) is 30.7 Å². The van der Waals surface area contributed by atoms with Crippen molar-refractivity contribution in [1.29, 1.82) is 0 Å². The Kier molecular flexibility index (Phi) is 5.37. The minimum Gasteiger partial charge on any atom is -0.310 e. The summed E-state index contributed by atoms with van der Waals surface area (Å²) in [6, 6.07) is 8.96. The van der Waals surface area contributed by atoms with Crippen LogP contribution in [0.2, 0.25) is 5.02 Å². The van der Waals surface area contributed by atoms with Crippen molar-refractivity contribution >= 4 is 22.9 Å². The first-order chi connectivity index (χ1) is 9.22. The molecule has 0 aliphatic rings. The third kappa shape index (κ3) is 3.78. The number of aryl methyl sites for hydroxylation is 1. The molecule has 1 aromatic heterocycles. The monoisotopic (exact) mass is 297 g/mol. The molecule has 4 heteroatoms. The molecule has 1 atom stereocenters. The lowest BCUT2D eigenvalue weighted by atomic mass is 10.0. The smallest absolute Gasteiger partial charge is 0.129 e. The summed E-state index contributed by atoms with van der Waals surface area (Å²) in [6.45, 7) is 2.81. The number of nitrogens with one attached hydrogen (secondary N) is 1. The minimum absolute atomic E-state index is 0.0409. The molecule has 0 aliphatic carbocycles. The first kappa shape index (κ1) is 14.5.